The highest BCUT2D eigenvalue weighted by Gasteiger charge is 2.22. The van der Waals surface area contributed by atoms with Crippen LogP contribution < -0.4 is 5.73 Å². The number of nitrogens with two attached hydrogens (primary N) is 1. The van der Waals surface area contributed by atoms with Crippen molar-refractivity contribution in [1.29, 1.82) is 0 Å². The Morgan fingerprint density at radius 1 is 1.24 bits per heavy atom. The van der Waals surface area contributed by atoms with Gasteiger partial charge in [0, 0.05) is 30.1 Å². The lowest BCUT2D eigenvalue weighted by atomic mass is 10.1. The van der Waals surface area contributed by atoms with Crippen LogP contribution in [0, 0.1) is 0 Å². The van der Waals surface area contributed by atoms with E-state index in [9.17, 15) is 0 Å². The standard InChI is InChI=1S/C14H21BrN2/c15-14-8-4-1-5-12(14)11-17(10-9-16)13-6-2-3-7-13/h1,4-5,8,13H,2-3,6-7,9-11,16H2. The molecule has 0 aliphatic heterocycles. The number of hydrogen-bond acceptors (Lipinski definition) is 2. The number of hydrogen-bond donors (Lipinski definition) is 1. The largest absolute Gasteiger partial charge is 0.329 e. The zero-order valence-corrected chi connectivity index (χ0v) is 11.8. The van der Waals surface area contributed by atoms with Gasteiger partial charge in [-0.25, -0.2) is 0 Å². The predicted molar refractivity (Wildman–Crippen MR) is 75.9 cm³/mol. The quantitative estimate of drug-likeness (QED) is 0.904. The van der Waals surface area contributed by atoms with E-state index in [0.29, 0.717) is 0 Å². The van der Waals surface area contributed by atoms with Gasteiger partial charge in [-0.1, -0.05) is 47.0 Å². The molecule has 2 rings (SSSR count). The summed E-state index contributed by atoms with van der Waals surface area (Å²) in [6.07, 6.45) is 5.43. The first-order valence-electron chi connectivity index (χ1n) is 6.49. The number of rotatable bonds is 5. The summed E-state index contributed by atoms with van der Waals surface area (Å²) in [6.45, 7) is 2.77. The summed E-state index contributed by atoms with van der Waals surface area (Å²) in [7, 11) is 0. The monoisotopic (exact) mass is 296 g/mol. The lowest BCUT2D eigenvalue weighted by Crippen LogP contribution is -2.36. The van der Waals surface area contributed by atoms with E-state index in [4.69, 9.17) is 5.73 Å². The lowest BCUT2D eigenvalue weighted by Gasteiger charge is -2.28. The van der Waals surface area contributed by atoms with Gasteiger partial charge >= 0.3 is 0 Å². The average molecular weight is 297 g/mol. The molecular weight excluding hydrogens is 276 g/mol. The lowest BCUT2D eigenvalue weighted by molar-refractivity contribution is 0.195. The summed E-state index contributed by atoms with van der Waals surface area (Å²) in [5.41, 5.74) is 7.10. The molecule has 1 saturated carbocycles. The van der Waals surface area contributed by atoms with Crippen LogP contribution in [0.5, 0.6) is 0 Å². The van der Waals surface area contributed by atoms with E-state index in [2.05, 4.69) is 45.1 Å². The van der Waals surface area contributed by atoms with Gasteiger partial charge in [0.25, 0.3) is 0 Å². The van der Waals surface area contributed by atoms with Gasteiger partial charge in [-0.2, -0.15) is 0 Å². The van der Waals surface area contributed by atoms with Crippen molar-refractivity contribution in [3.63, 3.8) is 0 Å². The van der Waals surface area contributed by atoms with Crippen LogP contribution in [0.1, 0.15) is 31.2 Å². The van der Waals surface area contributed by atoms with E-state index in [1.165, 1.54) is 35.7 Å². The first-order chi connectivity index (χ1) is 8.31. The van der Waals surface area contributed by atoms with Crippen molar-refractivity contribution in [2.75, 3.05) is 13.1 Å². The Balaban J connectivity index is 2.04. The van der Waals surface area contributed by atoms with Gasteiger partial charge in [0.05, 0.1) is 0 Å². The minimum atomic E-state index is 0.741. The molecule has 2 N–H and O–H groups in total. The highest BCUT2D eigenvalue weighted by molar-refractivity contribution is 9.10. The fourth-order valence-electron chi connectivity index (χ4n) is 2.67. The van der Waals surface area contributed by atoms with Gasteiger partial charge in [0.2, 0.25) is 0 Å². The maximum absolute atomic E-state index is 5.74. The van der Waals surface area contributed by atoms with Gasteiger partial charge < -0.3 is 5.73 Å². The predicted octanol–water partition coefficient (Wildman–Crippen LogP) is 3.15. The molecule has 3 heteroatoms. The molecule has 1 aromatic rings. The van der Waals surface area contributed by atoms with Crippen molar-refractivity contribution in [2.24, 2.45) is 5.73 Å². The molecule has 0 radical (unpaired) electrons. The first kappa shape index (κ1) is 13.1. The van der Waals surface area contributed by atoms with E-state index in [1.54, 1.807) is 0 Å². The van der Waals surface area contributed by atoms with Crippen LogP contribution in [-0.2, 0) is 6.54 Å². The Bertz CT molecular complexity index is 348. The normalized spacial score (nSPS) is 16.9. The molecule has 1 fully saturated rings. The summed E-state index contributed by atoms with van der Waals surface area (Å²) < 4.78 is 1.21. The summed E-state index contributed by atoms with van der Waals surface area (Å²) in [6, 6.07) is 9.23. The molecule has 0 atom stereocenters. The Kier molecular flexibility index (Phi) is 5.01. The molecule has 0 amide bonds. The second-order valence-corrected chi connectivity index (χ2v) is 5.64. The maximum atomic E-state index is 5.74. The fourth-order valence-corrected chi connectivity index (χ4v) is 3.08. The Labute approximate surface area is 112 Å². The third-order valence-corrected chi connectivity index (χ3v) is 4.36. The van der Waals surface area contributed by atoms with Gasteiger partial charge in [0.15, 0.2) is 0 Å². The highest BCUT2D eigenvalue weighted by atomic mass is 79.9. The summed E-state index contributed by atoms with van der Waals surface area (Å²) in [5.74, 6) is 0. The average Bonchev–Trinajstić information content (AvgIpc) is 2.85. The van der Waals surface area contributed by atoms with Crippen molar-refractivity contribution in [3.8, 4) is 0 Å². The molecule has 0 spiro atoms. The third-order valence-electron chi connectivity index (χ3n) is 3.59. The van der Waals surface area contributed by atoms with Crippen molar-refractivity contribution in [1.82, 2.24) is 4.90 Å². The number of halogens is 1. The molecule has 1 aliphatic carbocycles. The van der Waals surface area contributed by atoms with Crippen LogP contribution in [-0.4, -0.2) is 24.0 Å². The van der Waals surface area contributed by atoms with Crippen LogP contribution in [0.4, 0.5) is 0 Å². The van der Waals surface area contributed by atoms with Crippen LogP contribution in [0.2, 0.25) is 0 Å². The van der Waals surface area contributed by atoms with E-state index < -0.39 is 0 Å². The molecule has 1 aromatic carbocycles. The molecule has 0 heterocycles. The molecular formula is C14H21BrN2. The smallest absolute Gasteiger partial charge is 0.0248 e. The van der Waals surface area contributed by atoms with Crippen LogP contribution in [0.15, 0.2) is 28.7 Å². The highest BCUT2D eigenvalue weighted by Crippen LogP contribution is 2.26. The molecule has 0 saturated heterocycles. The number of benzene rings is 1. The summed E-state index contributed by atoms with van der Waals surface area (Å²) in [5, 5.41) is 0. The van der Waals surface area contributed by atoms with Crippen molar-refractivity contribution in [3.05, 3.63) is 34.3 Å². The number of nitrogens with zero attached hydrogens (tertiary/aromatic N) is 1. The van der Waals surface area contributed by atoms with E-state index >= 15 is 0 Å². The van der Waals surface area contributed by atoms with E-state index in [-0.39, 0.29) is 0 Å². The second kappa shape index (κ2) is 6.53. The van der Waals surface area contributed by atoms with Crippen LogP contribution >= 0.6 is 15.9 Å². The van der Waals surface area contributed by atoms with Gasteiger partial charge in [-0.05, 0) is 24.5 Å². The molecule has 94 valence electrons. The van der Waals surface area contributed by atoms with Crippen LogP contribution in [0.25, 0.3) is 0 Å². The molecule has 2 nitrogen and oxygen atoms in total. The van der Waals surface area contributed by atoms with Gasteiger partial charge in [-0.3, -0.25) is 4.90 Å². The van der Waals surface area contributed by atoms with Crippen LogP contribution in [0.3, 0.4) is 0 Å². The topological polar surface area (TPSA) is 29.3 Å². The van der Waals surface area contributed by atoms with Crippen molar-refractivity contribution >= 4 is 15.9 Å². The molecule has 0 unspecified atom stereocenters. The minimum Gasteiger partial charge on any atom is -0.329 e. The van der Waals surface area contributed by atoms with Crippen molar-refractivity contribution < 1.29 is 0 Å². The van der Waals surface area contributed by atoms with E-state index in [1.807, 2.05) is 0 Å². The minimum absolute atomic E-state index is 0.741. The zero-order valence-electron chi connectivity index (χ0n) is 10.2. The summed E-state index contributed by atoms with van der Waals surface area (Å²) >= 11 is 3.63. The third kappa shape index (κ3) is 3.54. The first-order valence-corrected chi connectivity index (χ1v) is 7.28. The Morgan fingerprint density at radius 2 is 1.94 bits per heavy atom. The Hall–Kier alpha value is -0.380. The molecule has 17 heavy (non-hydrogen) atoms. The van der Waals surface area contributed by atoms with E-state index in [0.717, 1.165) is 25.7 Å². The molecule has 1 aliphatic rings. The van der Waals surface area contributed by atoms with Crippen molar-refractivity contribution in [2.45, 2.75) is 38.3 Å². The maximum Gasteiger partial charge on any atom is 0.0248 e. The van der Waals surface area contributed by atoms with Gasteiger partial charge in [-0.15, -0.1) is 0 Å². The zero-order chi connectivity index (χ0) is 12.1. The SMILES string of the molecule is NCCN(Cc1ccccc1Br)C1CCCC1. The fraction of sp³-hybridized carbons (Fsp3) is 0.571. The van der Waals surface area contributed by atoms with Gasteiger partial charge in [0.1, 0.15) is 0 Å². The molecule has 0 aromatic heterocycles. The molecule has 0 bridgehead atoms. The second-order valence-electron chi connectivity index (χ2n) is 4.79. The summed E-state index contributed by atoms with van der Waals surface area (Å²) in [4.78, 5) is 2.55. The Morgan fingerprint density at radius 3 is 2.59 bits per heavy atom.